The summed E-state index contributed by atoms with van der Waals surface area (Å²) < 4.78 is 17.3. The number of para-hydroxylation sites is 1. The van der Waals surface area contributed by atoms with Crippen molar-refractivity contribution in [1.82, 2.24) is 10.3 Å². The zero-order valence-electron chi connectivity index (χ0n) is 21.8. The number of amides is 1. The largest absolute Gasteiger partial charge is 0.493 e. The number of oxazole rings is 1. The van der Waals surface area contributed by atoms with Crippen molar-refractivity contribution in [2.24, 2.45) is 0 Å². The van der Waals surface area contributed by atoms with Crippen LogP contribution in [0.15, 0.2) is 89.3 Å². The van der Waals surface area contributed by atoms with Crippen LogP contribution in [0.1, 0.15) is 30.4 Å². The molecule has 0 saturated carbocycles. The first-order valence-corrected chi connectivity index (χ1v) is 13.0. The molecule has 0 bridgehead atoms. The topological polar surface area (TPSA) is 111 Å². The average Bonchev–Trinajstić information content (AvgIpc) is 3.36. The van der Waals surface area contributed by atoms with Gasteiger partial charge in [-0.15, -0.1) is 0 Å². The fourth-order valence-corrected chi connectivity index (χ4v) is 4.03. The Morgan fingerprint density at radius 3 is 2.23 bits per heavy atom. The molecule has 8 nitrogen and oxygen atoms in total. The van der Waals surface area contributed by atoms with E-state index in [2.05, 4.69) is 12.2 Å². The van der Waals surface area contributed by atoms with Crippen molar-refractivity contribution >= 4 is 11.9 Å². The molecule has 202 valence electrons. The van der Waals surface area contributed by atoms with Crippen LogP contribution in [0.5, 0.6) is 11.5 Å². The number of aliphatic carboxylic acids is 1. The standard InChI is InChI=1S/C31H32N2O6/c1-2-9-28-26(33-30(39-28)23-10-5-3-6-11-23)18-19-37-25-16-14-22(15-17-25)20-27(31(35)36)32-29(34)21-38-24-12-7-4-8-13-24/h3-8,10-17,27H,2,9,18-21H2,1H3,(H,32,34)(H,35,36). The lowest BCUT2D eigenvalue weighted by Gasteiger charge is -2.15. The molecule has 1 aromatic heterocycles. The molecule has 1 heterocycles. The van der Waals surface area contributed by atoms with Crippen LogP contribution in [-0.2, 0) is 28.9 Å². The third kappa shape index (κ3) is 8.20. The summed E-state index contributed by atoms with van der Waals surface area (Å²) in [6.07, 6.45) is 2.50. The quantitative estimate of drug-likeness (QED) is 0.234. The lowest BCUT2D eigenvalue weighted by molar-refractivity contribution is -0.142. The van der Waals surface area contributed by atoms with Gasteiger partial charge in [0.15, 0.2) is 6.61 Å². The summed E-state index contributed by atoms with van der Waals surface area (Å²) in [6, 6.07) is 24.8. The van der Waals surface area contributed by atoms with Gasteiger partial charge in [0.1, 0.15) is 23.3 Å². The molecule has 1 atom stereocenters. The van der Waals surface area contributed by atoms with E-state index in [1.165, 1.54) is 0 Å². The molecule has 8 heteroatoms. The van der Waals surface area contributed by atoms with Crippen molar-refractivity contribution in [2.45, 2.75) is 38.6 Å². The van der Waals surface area contributed by atoms with Gasteiger partial charge in [-0.25, -0.2) is 9.78 Å². The monoisotopic (exact) mass is 528 g/mol. The molecular formula is C31H32N2O6. The molecule has 2 N–H and O–H groups in total. The number of nitrogens with zero attached hydrogens (tertiary/aromatic N) is 1. The predicted molar refractivity (Wildman–Crippen MR) is 147 cm³/mol. The predicted octanol–water partition coefficient (Wildman–Crippen LogP) is 5.11. The molecular weight excluding hydrogens is 496 g/mol. The number of rotatable bonds is 14. The Balaban J connectivity index is 1.28. The van der Waals surface area contributed by atoms with Gasteiger partial charge in [0.25, 0.3) is 5.91 Å². The lowest BCUT2D eigenvalue weighted by Crippen LogP contribution is -2.44. The van der Waals surface area contributed by atoms with E-state index < -0.39 is 17.9 Å². The van der Waals surface area contributed by atoms with E-state index in [0.717, 1.165) is 35.4 Å². The van der Waals surface area contributed by atoms with Gasteiger partial charge in [-0.1, -0.05) is 55.5 Å². The number of hydrogen-bond donors (Lipinski definition) is 2. The van der Waals surface area contributed by atoms with E-state index in [9.17, 15) is 14.7 Å². The Labute approximate surface area is 227 Å². The zero-order chi connectivity index (χ0) is 27.5. The number of aromatic nitrogens is 1. The Morgan fingerprint density at radius 2 is 1.56 bits per heavy atom. The second-order valence-corrected chi connectivity index (χ2v) is 9.01. The van der Waals surface area contributed by atoms with Crippen molar-refractivity contribution in [3.05, 3.63) is 102 Å². The summed E-state index contributed by atoms with van der Waals surface area (Å²) in [5.74, 6) is 1.08. The van der Waals surface area contributed by atoms with Crippen LogP contribution in [0.4, 0.5) is 0 Å². The molecule has 4 rings (SSSR count). The van der Waals surface area contributed by atoms with E-state index >= 15 is 0 Å². The third-order valence-electron chi connectivity index (χ3n) is 5.99. The highest BCUT2D eigenvalue weighted by Gasteiger charge is 2.21. The molecule has 0 spiro atoms. The van der Waals surface area contributed by atoms with Crippen molar-refractivity contribution in [3.63, 3.8) is 0 Å². The first-order valence-electron chi connectivity index (χ1n) is 13.0. The number of carbonyl (C=O) groups excluding carboxylic acids is 1. The van der Waals surface area contributed by atoms with Crippen LogP contribution in [0.2, 0.25) is 0 Å². The summed E-state index contributed by atoms with van der Waals surface area (Å²) in [7, 11) is 0. The van der Waals surface area contributed by atoms with Crippen LogP contribution in [0.3, 0.4) is 0 Å². The van der Waals surface area contributed by atoms with Crippen LogP contribution in [0.25, 0.3) is 11.5 Å². The first kappa shape index (κ1) is 27.4. The Morgan fingerprint density at radius 1 is 0.897 bits per heavy atom. The molecule has 1 amide bonds. The smallest absolute Gasteiger partial charge is 0.326 e. The maximum absolute atomic E-state index is 12.2. The van der Waals surface area contributed by atoms with Gasteiger partial charge < -0.3 is 24.3 Å². The molecule has 39 heavy (non-hydrogen) atoms. The van der Waals surface area contributed by atoms with Gasteiger partial charge in [0.05, 0.1) is 12.3 Å². The van der Waals surface area contributed by atoms with Gasteiger partial charge >= 0.3 is 5.97 Å². The molecule has 0 aliphatic rings. The molecule has 0 aliphatic carbocycles. The maximum atomic E-state index is 12.2. The molecule has 0 fully saturated rings. The van der Waals surface area contributed by atoms with Crippen molar-refractivity contribution in [2.75, 3.05) is 13.2 Å². The third-order valence-corrected chi connectivity index (χ3v) is 5.99. The highest BCUT2D eigenvalue weighted by atomic mass is 16.5. The summed E-state index contributed by atoms with van der Waals surface area (Å²) in [4.78, 5) is 28.7. The molecule has 0 radical (unpaired) electrons. The summed E-state index contributed by atoms with van der Waals surface area (Å²) >= 11 is 0. The van der Waals surface area contributed by atoms with E-state index in [-0.39, 0.29) is 13.0 Å². The molecule has 0 aliphatic heterocycles. The minimum Gasteiger partial charge on any atom is -0.493 e. The number of ether oxygens (including phenoxy) is 2. The van der Waals surface area contributed by atoms with Crippen molar-refractivity contribution in [3.8, 4) is 23.0 Å². The Kier molecular flexibility index (Phi) is 9.72. The van der Waals surface area contributed by atoms with Gasteiger partial charge in [-0.05, 0) is 48.4 Å². The molecule has 1 unspecified atom stereocenters. The molecule has 3 aromatic carbocycles. The highest BCUT2D eigenvalue weighted by Crippen LogP contribution is 2.24. The van der Waals surface area contributed by atoms with Gasteiger partial charge in [0, 0.05) is 24.8 Å². The van der Waals surface area contributed by atoms with Gasteiger partial charge in [0.2, 0.25) is 5.89 Å². The lowest BCUT2D eigenvalue weighted by atomic mass is 10.1. The van der Waals surface area contributed by atoms with E-state index in [4.69, 9.17) is 18.9 Å². The summed E-state index contributed by atoms with van der Waals surface area (Å²) in [5.41, 5.74) is 2.59. The minimum absolute atomic E-state index is 0.133. The van der Waals surface area contributed by atoms with E-state index in [0.29, 0.717) is 30.4 Å². The summed E-state index contributed by atoms with van der Waals surface area (Å²) in [6.45, 7) is 2.26. The average molecular weight is 529 g/mol. The second kappa shape index (κ2) is 13.8. The van der Waals surface area contributed by atoms with E-state index in [1.54, 1.807) is 48.5 Å². The van der Waals surface area contributed by atoms with Crippen LogP contribution in [0, 0.1) is 0 Å². The fourth-order valence-electron chi connectivity index (χ4n) is 4.03. The molecule has 0 saturated heterocycles. The molecule has 4 aromatic rings. The fraction of sp³-hybridized carbons (Fsp3) is 0.258. The van der Waals surface area contributed by atoms with Gasteiger partial charge in [-0.3, -0.25) is 4.79 Å². The minimum atomic E-state index is -1.12. The maximum Gasteiger partial charge on any atom is 0.326 e. The number of aryl methyl sites for hydroxylation is 1. The Hall–Kier alpha value is -4.59. The zero-order valence-corrected chi connectivity index (χ0v) is 21.8. The van der Waals surface area contributed by atoms with E-state index in [1.807, 2.05) is 36.4 Å². The van der Waals surface area contributed by atoms with Crippen molar-refractivity contribution in [1.29, 1.82) is 0 Å². The van der Waals surface area contributed by atoms with Crippen molar-refractivity contribution < 1.29 is 28.6 Å². The van der Waals surface area contributed by atoms with Crippen LogP contribution >= 0.6 is 0 Å². The number of hydrogen-bond acceptors (Lipinski definition) is 6. The van der Waals surface area contributed by atoms with Gasteiger partial charge in [-0.2, -0.15) is 0 Å². The summed E-state index contributed by atoms with van der Waals surface area (Å²) in [5, 5.41) is 12.1. The SMILES string of the molecule is CCCc1oc(-c2ccccc2)nc1CCOc1ccc(CC(NC(=O)COc2ccccc2)C(=O)O)cc1. The Bertz CT molecular complexity index is 1340. The normalized spacial score (nSPS) is 11.5. The highest BCUT2D eigenvalue weighted by molar-refractivity contribution is 5.84. The number of benzene rings is 3. The van der Waals surface area contributed by atoms with Crippen LogP contribution < -0.4 is 14.8 Å². The number of carboxylic acid groups (broad SMARTS) is 1. The first-order chi connectivity index (χ1) is 19.0. The number of carbonyl (C=O) groups is 2. The number of carboxylic acids is 1. The second-order valence-electron chi connectivity index (χ2n) is 9.01. The van der Waals surface area contributed by atoms with Crippen LogP contribution in [-0.4, -0.2) is 41.2 Å². The number of nitrogens with one attached hydrogen (secondary N) is 1.